The summed E-state index contributed by atoms with van der Waals surface area (Å²) in [5.41, 5.74) is 0. The molecule has 2 atom stereocenters. The van der Waals surface area contributed by atoms with Gasteiger partial charge in [-0.2, -0.15) is 0 Å². The van der Waals surface area contributed by atoms with E-state index in [1.807, 2.05) is 0 Å². The van der Waals surface area contributed by atoms with Crippen molar-refractivity contribution in [1.29, 1.82) is 0 Å². The summed E-state index contributed by atoms with van der Waals surface area (Å²) in [6.45, 7) is 5.00. The first kappa shape index (κ1) is 17.6. The zero-order valence-electron chi connectivity index (χ0n) is 12.0. The molecule has 1 rings (SSSR count). The first-order chi connectivity index (χ1) is 9.56. The SMILES string of the molecule is CCCC(CC)NCC(O)COc1cc(Cl)ccc1Cl. The third-order valence-corrected chi connectivity index (χ3v) is 3.64. The molecule has 0 bridgehead atoms. The van der Waals surface area contributed by atoms with Crippen LogP contribution in [0.4, 0.5) is 0 Å². The Balaban J connectivity index is 2.35. The van der Waals surface area contributed by atoms with Crippen molar-refractivity contribution in [2.45, 2.75) is 45.3 Å². The van der Waals surface area contributed by atoms with Crippen LogP contribution in [-0.2, 0) is 0 Å². The van der Waals surface area contributed by atoms with Crippen LogP contribution >= 0.6 is 23.2 Å². The van der Waals surface area contributed by atoms with Gasteiger partial charge in [-0.15, -0.1) is 0 Å². The summed E-state index contributed by atoms with van der Waals surface area (Å²) >= 11 is 11.9. The molecule has 5 heteroatoms. The van der Waals surface area contributed by atoms with E-state index >= 15 is 0 Å². The summed E-state index contributed by atoms with van der Waals surface area (Å²) in [4.78, 5) is 0. The number of benzene rings is 1. The van der Waals surface area contributed by atoms with Gasteiger partial charge in [0.25, 0.3) is 0 Å². The van der Waals surface area contributed by atoms with Crippen molar-refractivity contribution in [2.24, 2.45) is 0 Å². The molecule has 0 fully saturated rings. The van der Waals surface area contributed by atoms with E-state index in [1.165, 1.54) is 0 Å². The fourth-order valence-electron chi connectivity index (χ4n) is 1.93. The molecule has 2 unspecified atom stereocenters. The fraction of sp³-hybridized carbons (Fsp3) is 0.600. The lowest BCUT2D eigenvalue weighted by molar-refractivity contribution is 0.103. The van der Waals surface area contributed by atoms with Crippen LogP contribution in [-0.4, -0.2) is 30.4 Å². The Labute approximate surface area is 131 Å². The fourth-order valence-corrected chi connectivity index (χ4v) is 2.27. The number of halogens is 2. The second-order valence-corrected chi connectivity index (χ2v) is 5.69. The zero-order valence-corrected chi connectivity index (χ0v) is 13.5. The maximum absolute atomic E-state index is 9.92. The number of hydrogen-bond donors (Lipinski definition) is 2. The van der Waals surface area contributed by atoms with E-state index in [0.29, 0.717) is 28.4 Å². The van der Waals surface area contributed by atoms with E-state index in [1.54, 1.807) is 18.2 Å². The van der Waals surface area contributed by atoms with Crippen molar-refractivity contribution in [1.82, 2.24) is 5.32 Å². The van der Waals surface area contributed by atoms with Crippen molar-refractivity contribution in [3.05, 3.63) is 28.2 Å². The van der Waals surface area contributed by atoms with Crippen LogP contribution < -0.4 is 10.1 Å². The molecule has 1 aromatic rings. The van der Waals surface area contributed by atoms with Crippen LogP contribution in [0, 0.1) is 0 Å². The molecule has 0 aromatic heterocycles. The van der Waals surface area contributed by atoms with Crippen molar-refractivity contribution in [3.63, 3.8) is 0 Å². The standard InChI is InChI=1S/C15H23Cl2NO2/c1-3-5-12(4-2)18-9-13(19)10-20-15-8-11(16)6-7-14(15)17/h6-8,12-13,18-19H,3-5,9-10H2,1-2H3. The Morgan fingerprint density at radius 1 is 1.30 bits per heavy atom. The number of nitrogens with one attached hydrogen (secondary N) is 1. The largest absolute Gasteiger partial charge is 0.489 e. The van der Waals surface area contributed by atoms with Gasteiger partial charge in [-0.05, 0) is 25.0 Å². The monoisotopic (exact) mass is 319 g/mol. The molecule has 0 saturated heterocycles. The van der Waals surface area contributed by atoms with E-state index in [-0.39, 0.29) is 6.61 Å². The minimum atomic E-state index is -0.573. The van der Waals surface area contributed by atoms with Crippen molar-refractivity contribution < 1.29 is 9.84 Å². The molecule has 114 valence electrons. The molecule has 0 amide bonds. The second kappa shape index (κ2) is 9.46. The van der Waals surface area contributed by atoms with Crippen LogP contribution in [0.3, 0.4) is 0 Å². The molecular weight excluding hydrogens is 297 g/mol. The van der Waals surface area contributed by atoms with Gasteiger partial charge in [0, 0.05) is 23.7 Å². The molecule has 20 heavy (non-hydrogen) atoms. The zero-order chi connectivity index (χ0) is 15.0. The van der Waals surface area contributed by atoms with Crippen LogP contribution in [0.2, 0.25) is 10.0 Å². The summed E-state index contributed by atoms with van der Waals surface area (Å²) in [6, 6.07) is 5.48. The lowest BCUT2D eigenvalue weighted by atomic mass is 10.1. The number of aliphatic hydroxyl groups excluding tert-OH is 1. The molecule has 0 spiro atoms. The summed E-state index contributed by atoms with van der Waals surface area (Å²) in [5.74, 6) is 0.499. The summed E-state index contributed by atoms with van der Waals surface area (Å²) < 4.78 is 5.50. The topological polar surface area (TPSA) is 41.5 Å². The number of rotatable bonds is 9. The quantitative estimate of drug-likeness (QED) is 0.725. The highest BCUT2D eigenvalue weighted by Crippen LogP contribution is 2.27. The van der Waals surface area contributed by atoms with Crippen molar-refractivity contribution in [3.8, 4) is 5.75 Å². The molecule has 0 saturated carbocycles. The highest BCUT2D eigenvalue weighted by atomic mass is 35.5. The van der Waals surface area contributed by atoms with Gasteiger partial charge in [0.05, 0.1) is 5.02 Å². The Kier molecular flexibility index (Phi) is 8.31. The van der Waals surface area contributed by atoms with Gasteiger partial charge in [-0.25, -0.2) is 0 Å². The Morgan fingerprint density at radius 3 is 2.70 bits per heavy atom. The summed E-state index contributed by atoms with van der Waals surface area (Å²) in [7, 11) is 0. The molecule has 0 heterocycles. The van der Waals surface area contributed by atoms with E-state index in [2.05, 4.69) is 19.2 Å². The molecule has 3 nitrogen and oxygen atoms in total. The van der Waals surface area contributed by atoms with Gasteiger partial charge in [-0.3, -0.25) is 0 Å². The van der Waals surface area contributed by atoms with Gasteiger partial charge in [0.2, 0.25) is 0 Å². The predicted molar refractivity (Wildman–Crippen MR) is 85.0 cm³/mol. The molecular formula is C15H23Cl2NO2. The lowest BCUT2D eigenvalue weighted by Gasteiger charge is -2.19. The van der Waals surface area contributed by atoms with E-state index < -0.39 is 6.10 Å². The van der Waals surface area contributed by atoms with Gasteiger partial charge in [0.1, 0.15) is 18.5 Å². The third-order valence-electron chi connectivity index (χ3n) is 3.10. The minimum Gasteiger partial charge on any atom is -0.489 e. The van der Waals surface area contributed by atoms with Gasteiger partial charge < -0.3 is 15.2 Å². The minimum absolute atomic E-state index is 0.190. The maximum Gasteiger partial charge on any atom is 0.139 e. The smallest absolute Gasteiger partial charge is 0.139 e. The number of hydrogen-bond acceptors (Lipinski definition) is 3. The van der Waals surface area contributed by atoms with E-state index in [9.17, 15) is 5.11 Å². The van der Waals surface area contributed by atoms with Crippen molar-refractivity contribution in [2.75, 3.05) is 13.2 Å². The van der Waals surface area contributed by atoms with E-state index in [4.69, 9.17) is 27.9 Å². The van der Waals surface area contributed by atoms with Crippen LogP contribution in [0.1, 0.15) is 33.1 Å². The molecule has 0 aliphatic carbocycles. The molecule has 2 N–H and O–H groups in total. The Hall–Kier alpha value is -0.480. The third kappa shape index (κ3) is 6.31. The predicted octanol–water partition coefficient (Wildman–Crippen LogP) is 3.90. The maximum atomic E-state index is 9.92. The van der Waals surface area contributed by atoms with E-state index in [0.717, 1.165) is 19.3 Å². The normalized spacial score (nSPS) is 14.1. The number of aliphatic hydroxyl groups is 1. The highest BCUT2D eigenvalue weighted by molar-refractivity contribution is 6.34. The molecule has 0 aliphatic heterocycles. The van der Waals surface area contributed by atoms with Crippen LogP contribution in [0.5, 0.6) is 5.75 Å². The highest BCUT2D eigenvalue weighted by Gasteiger charge is 2.10. The van der Waals surface area contributed by atoms with Crippen molar-refractivity contribution >= 4 is 23.2 Å². The first-order valence-corrected chi connectivity index (χ1v) is 7.81. The molecule has 1 aromatic carbocycles. The van der Waals surface area contributed by atoms with Gasteiger partial charge in [0.15, 0.2) is 0 Å². The first-order valence-electron chi connectivity index (χ1n) is 7.06. The molecule has 0 radical (unpaired) electrons. The summed E-state index contributed by atoms with van der Waals surface area (Å²) in [5, 5.41) is 14.3. The van der Waals surface area contributed by atoms with Gasteiger partial charge in [-0.1, -0.05) is 43.5 Å². The number of ether oxygens (including phenoxy) is 1. The van der Waals surface area contributed by atoms with Crippen LogP contribution in [0.25, 0.3) is 0 Å². The van der Waals surface area contributed by atoms with Gasteiger partial charge >= 0.3 is 0 Å². The van der Waals surface area contributed by atoms with Crippen LogP contribution in [0.15, 0.2) is 18.2 Å². The Bertz CT molecular complexity index is 401. The molecule has 0 aliphatic rings. The lowest BCUT2D eigenvalue weighted by Crippen LogP contribution is -2.37. The average molecular weight is 320 g/mol. The average Bonchev–Trinajstić information content (AvgIpc) is 2.44. The Morgan fingerprint density at radius 2 is 2.05 bits per heavy atom. The summed E-state index contributed by atoms with van der Waals surface area (Å²) in [6.07, 6.45) is 2.73. The second-order valence-electron chi connectivity index (χ2n) is 4.84.